The Labute approximate surface area is 62.1 Å². The smallest absolute Gasteiger partial charge is 0.0557 e. The summed E-state index contributed by atoms with van der Waals surface area (Å²) in [6.45, 7) is 1.95. The molecule has 1 heteroatoms. The Hall–Kier alpha value is -0.300. The molecule has 0 aromatic rings. The normalized spacial score (nSPS) is 39.2. The van der Waals surface area contributed by atoms with Crippen molar-refractivity contribution in [3.8, 4) is 0 Å². The Morgan fingerprint density at radius 3 is 2.90 bits per heavy atom. The summed E-state index contributed by atoms with van der Waals surface area (Å²) in [5.41, 5.74) is 0.470. The Kier molecular flexibility index (Phi) is 1.53. The molecule has 1 atom stereocenters. The van der Waals surface area contributed by atoms with Crippen LogP contribution in [0.2, 0.25) is 0 Å². The number of rotatable bonds is 0. The van der Waals surface area contributed by atoms with Crippen LogP contribution in [0.15, 0.2) is 12.2 Å². The highest BCUT2D eigenvalue weighted by molar-refractivity contribution is 5.05. The minimum absolute atomic E-state index is 0.470. The third kappa shape index (κ3) is 0.988. The van der Waals surface area contributed by atoms with Crippen LogP contribution in [-0.2, 0) is 4.74 Å². The van der Waals surface area contributed by atoms with E-state index in [9.17, 15) is 0 Å². The van der Waals surface area contributed by atoms with E-state index in [0.29, 0.717) is 5.41 Å². The number of ether oxygens (including phenoxy) is 1. The summed E-state index contributed by atoms with van der Waals surface area (Å²) >= 11 is 0. The minimum Gasteiger partial charge on any atom is -0.381 e. The van der Waals surface area contributed by atoms with Gasteiger partial charge in [0.2, 0.25) is 0 Å². The zero-order valence-corrected chi connectivity index (χ0v) is 6.31. The van der Waals surface area contributed by atoms with Gasteiger partial charge in [0.15, 0.2) is 0 Å². The Bertz CT molecular complexity index is 143. The molecule has 10 heavy (non-hydrogen) atoms. The van der Waals surface area contributed by atoms with Gasteiger partial charge in [-0.2, -0.15) is 0 Å². The molecule has 1 saturated heterocycles. The van der Waals surface area contributed by atoms with E-state index in [-0.39, 0.29) is 0 Å². The van der Waals surface area contributed by atoms with Crippen molar-refractivity contribution >= 4 is 0 Å². The third-order valence-electron chi connectivity index (χ3n) is 2.65. The van der Waals surface area contributed by atoms with Gasteiger partial charge >= 0.3 is 0 Å². The fraction of sp³-hybridized carbons (Fsp3) is 0.778. The van der Waals surface area contributed by atoms with Crippen LogP contribution in [0, 0.1) is 5.41 Å². The molecule has 56 valence electrons. The van der Waals surface area contributed by atoms with Crippen molar-refractivity contribution in [2.45, 2.75) is 25.7 Å². The lowest BCUT2D eigenvalue weighted by Crippen LogP contribution is -2.19. The summed E-state index contributed by atoms with van der Waals surface area (Å²) in [5.74, 6) is 0. The molecule has 2 rings (SSSR count). The predicted octanol–water partition coefficient (Wildman–Crippen LogP) is 2.13. The average Bonchev–Trinajstić information content (AvgIpc) is 2.39. The lowest BCUT2D eigenvalue weighted by atomic mass is 9.79. The van der Waals surface area contributed by atoms with E-state index in [1.807, 2.05) is 0 Å². The van der Waals surface area contributed by atoms with Crippen LogP contribution < -0.4 is 0 Å². The standard InChI is InChI=1S/C9H14O/c1-2-4-9(5-3-1)6-7-10-8-9/h2,4H,1,3,5-8H2. The van der Waals surface area contributed by atoms with Gasteiger partial charge in [0.1, 0.15) is 0 Å². The maximum Gasteiger partial charge on any atom is 0.0557 e. The first-order valence-corrected chi connectivity index (χ1v) is 4.17. The summed E-state index contributed by atoms with van der Waals surface area (Å²) in [7, 11) is 0. The summed E-state index contributed by atoms with van der Waals surface area (Å²) < 4.78 is 5.39. The molecule has 1 aliphatic heterocycles. The maximum absolute atomic E-state index is 5.39. The van der Waals surface area contributed by atoms with Crippen LogP contribution in [-0.4, -0.2) is 13.2 Å². The Morgan fingerprint density at radius 2 is 2.30 bits per heavy atom. The van der Waals surface area contributed by atoms with Gasteiger partial charge in [0, 0.05) is 12.0 Å². The SMILES string of the molecule is C1=CC2(CCC1)CCOC2. The van der Waals surface area contributed by atoms with Gasteiger partial charge in [-0.05, 0) is 25.7 Å². The first-order valence-electron chi connectivity index (χ1n) is 4.17. The zero-order chi connectivity index (χ0) is 6.86. The van der Waals surface area contributed by atoms with E-state index in [1.54, 1.807) is 0 Å². The molecular weight excluding hydrogens is 124 g/mol. The lowest BCUT2D eigenvalue weighted by molar-refractivity contribution is 0.163. The van der Waals surface area contributed by atoms with Gasteiger partial charge < -0.3 is 4.74 Å². The van der Waals surface area contributed by atoms with E-state index in [1.165, 1.54) is 25.7 Å². The minimum atomic E-state index is 0.470. The molecule has 0 aromatic carbocycles. The maximum atomic E-state index is 5.39. The molecule has 0 aromatic heterocycles. The van der Waals surface area contributed by atoms with Crippen LogP contribution >= 0.6 is 0 Å². The van der Waals surface area contributed by atoms with Gasteiger partial charge in [-0.15, -0.1) is 0 Å². The van der Waals surface area contributed by atoms with Crippen LogP contribution in [0.5, 0.6) is 0 Å². The van der Waals surface area contributed by atoms with Gasteiger partial charge in [-0.3, -0.25) is 0 Å². The molecule has 1 unspecified atom stereocenters. The average molecular weight is 138 g/mol. The molecule has 0 bridgehead atoms. The van der Waals surface area contributed by atoms with E-state index < -0.39 is 0 Å². The lowest BCUT2D eigenvalue weighted by Gasteiger charge is -2.25. The highest BCUT2D eigenvalue weighted by Gasteiger charge is 2.32. The third-order valence-corrected chi connectivity index (χ3v) is 2.65. The molecular formula is C9H14O. The highest BCUT2D eigenvalue weighted by atomic mass is 16.5. The van der Waals surface area contributed by atoms with Crippen molar-refractivity contribution in [1.82, 2.24) is 0 Å². The van der Waals surface area contributed by atoms with Crippen LogP contribution in [0.3, 0.4) is 0 Å². The van der Waals surface area contributed by atoms with Crippen molar-refractivity contribution in [2.75, 3.05) is 13.2 Å². The summed E-state index contributed by atoms with van der Waals surface area (Å²) in [6.07, 6.45) is 9.94. The van der Waals surface area contributed by atoms with Gasteiger partial charge in [-0.1, -0.05) is 12.2 Å². The van der Waals surface area contributed by atoms with Crippen LogP contribution in [0.25, 0.3) is 0 Å². The second-order valence-corrected chi connectivity index (χ2v) is 3.46. The van der Waals surface area contributed by atoms with Crippen molar-refractivity contribution in [2.24, 2.45) is 5.41 Å². The predicted molar refractivity (Wildman–Crippen MR) is 40.9 cm³/mol. The molecule has 1 nitrogen and oxygen atoms in total. The number of hydrogen-bond acceptors (Lipinski definition) is 1. The van der Waals surface area contributed by atoms with E-state index in [4.69, 9.17) is 4.74 Å². The molecule has 1 aliphatic carbocycles. The van der Waals surface area contributed by atoms with Crippen molar-refractivity contribution < 1.29 is 4.74 Å². The first kappa shape index (κ1) is 6.41. The summed E-state index contributed by atoms with van der Waals surface area (Å²) in [6, 6.07) is 0. The molecule has 0 N–H and O–H groups in total. The quantitative estimate of drug-likeness (QED) is 0.466. The second-order valence-electron chi connectivity index (χ2n) is 3.46. The molecule has 0 amide bonds. The van der Waals surface area contributed by atoms with Crippen LogP contribution in [0.4, 0.5) is 0 Å². The van der Waals surface area contributed by atoms with E-state index >= 15 is 0 Å². The number of allylic oxidation sites excluding steroid dienone is 1. The molecule has 0 saturated carbocycles. The Morgan fingerprint density at radius 1 is 1.30 bits per heavy atom. The molecule has 1 spiro atoms. The summed E-state index contributed by atoms with van der Waals surface area (Å²) in [5, 5.41) is 0. The van der Waals surface area contributed by atoms with E-state index in [0.717, 1.165) is 13.2 Å². The molecule has 0 radical (unpaired) electrons. The highest BCUT2D eigenvalue weighted by Crippen LogP contribution is 2.38. The van der Waals surface area contributed by atoms with Crippen LogP contribution in [0.1, 0.15) is 25.7 Å². The topological polar surface area (TPSA) is 9.23 Å². The number of hydrogen-bond donors (Lipinski definition) is 0. The second kappa shape index (κ2) is 2.39. The zero-order valence-electron chi connectivity index (χ0n) is 6.31. The van der Waals surface area contributed by atoms with Crippen molar-refractivity contribution in [1.29, 1.82) is 0 Å². The molecule has 1 fully saturated rings. The summed E-state index contributed by atoms with van der Waals surface area (Å²) in [4.78, 5) is 0. The Balaban J connectivity index is 2.11. The van der Waals surface area contributed by atoms with Crippen molar-refractivity contribution in [3.05, 3.63) is 12.2 Å². The van der Waals surface area contributed by atoms with Crippen molar-refractivity contribution in [3.63, 3.8) is 0 Å². The van der Waals surface area contributed by atoms with Gasteiger partial charge in [-0.25, -0.2) is 0 Å². The monoisotopic (exact) mass is 138 g/mol. The molecule has 1 heterocycles. The first-order chi connectivity index (χ1) is 4.91. The van der Waals surface area contributed by atoms with Gasteiger partial charge in [0.25, 0.3) is 0 Å². The fourth-order valence-electron chi connectivity index (χ4n) is 1.94. The van der Waals surface area contributed by atoms with E-state index in [2.05, 4.69) is 12.2 Å². The van der Waals surface area contributed by atoms with Gasteiger partial charge in [0.05, 0.1) is 6.61 Å². The largest absolute Gasteiger partial charge is 0.381 e. The fourth-order valence-corrected chi connectivity index (χ4v) is 1.94. The molecule has 2 aliphatic rings.